The maximum Gasteiger partial charge on any atom is 0.307 e. The van der Waals surface area contributed by atoms with Crippen LogP contribution in [0.25, 0.3) is 22.4 Å². The molecule has 0 bridgehead atoms. The van der Waals surface area contributed by atoms with Crippen LogP contribution in [0.2, 0.25) is 0 Å². The van der Waals surface area contributed by atoms with E-state index in [-0.39, 0.29) is 5.97 Å². The Morgan fingerprint density at radius 2 is 1.61 bits per heavy atom. The number of esters is 1. The summed E-state index contributed by atoms with van der Waals surface area (Å²) in [6.07, 6.45) is 2.15. The molecule has 0 aliphatic heterocycles. The van der Waals surface area contributed by atoms with Crippen molar-refractivity contribution in [3.05, 3.63) is 66.9 Å². The van der Waals surface area contributed by atoms with Crippen LogP contribution in [0, 0.1) is 0 Å². The molecule has 116 valence electrons. The summed E-state index contributed by atoms with van der Waals surface area (Å²) in [5.74, 6) is -0.235. The Morgan fingerprint density at radius 1 is 1.00 bits per heavy atom. The molecule has 4 nitrogen and oxygen atoms in total. The van der Waals surface area contributed by atoms with Crippen molar-refractivity contribution in [1.82, 2.24) is 9.78 Å². The van der Waals surface area contributed by atoms with Crippen LogP contribution in [-0.2, 0) is 16.1 Å². The highest BCUT2D eigenvalue weighted by molar-refractivity contribution is 5.80. The van der Waals surface area contributed by atoms with Crippen LogP contribution in [0.5, 0.6) is 0 Å². The molecule has 0 saturated heterocycles. The van der Waals surface area contributed by atoms with Gasteiger partial charge < -0.3 is 4.74 Å². The summed E-state index contributed by atoms with van der Waals surface area (Å²) in [5, 5.41) is 4.48. The lowest BCUT2D eigenvalue weighted by Crippen LogP contribution is -2.09. The number of aromatic nitrogens is 2. The highest BCUT2D eigenvalue weighted by Crippen LogP contribution is 2.32. The molecule has 23 heavy (non-hydrogen) atoms. The molecule has 3 rings (SSSR count). The number of carbonyl (C=O) groups excluding carboxylic acids is 1. The predicted octanol–water partition coefficient (Wildman–Crippen LogP) is 3.78. The van der Waals surface area contributed by atoms with E-state index in [4.69, 9.17) is 4.74 Å². The van der Waals surface area contributed by atoms with Crippen molar-refractivity contribution in [1.29, 1.82) is 0 Å². The standard InChI is InChI=1S/C19H18N2O2/c1-23-18(22)12-13-21-19(16-10-6-3-7-11-16)17(14-20-21)15-8-4-2-5-9-15/h2-11,14H,12-13H2,1H3. The summed E-state index contributed by atoms with van der Waals surface area (Å²) in [7, 11) is 1.40. The number of hydrogen-bond donors (Lipinski definition) is 0. The second kappa shape index (κ2) is 6.92. The van der Waals surface area contributed by atoms with Crippen molar-refractivity contribution in [3.8, 4) is 22.4 Å². The summed E-state index contributed by atoms with van der Waals surface area (Å²) in [5.41, 5.74) is 4.26. The number of benzene rings is 2. The van der Waals surface area contributed by atoms with Crippen molar-refractivity contribution in [2.45, 2.75) is 13.0 Å². The Kier molecular flexibility index (Phi) is 4.52. The van der Waals surface area contributed by atoms with Crippen LogP contribution in [0.3, 0.4) is 0 Å². The van der Waals surface area contributed by atoms with Gasteiger partial charge in [-0.1, -0.05) is 60.7 Å². The molecule has 4 heteroatoms. The Morgan fingerprint density at radius 3 is 2.22 bits per heavy atom. The average Bonchev–Trinajstić information content (AvgIpc) is 3.05. The van der Waals surface area contributed by atoms with E-state index in [0.29, 0.717) is 13.0 Å². The molecule has 0 N–H and O–H groups in total. The normalized spacial score (nSPS) is 10.5. The lowest BCUT2D eigenvalue weighted by Gasteiger charge is -2.10. The van der Waals surface area contributed by atoms with E-state index in [1.165, 1.54) is 7.11 Å². The second-order valence-electron chi connectivity index (χ2n) is 5.19. The van der Waals surface area contributed by atoms with Gasteiger partial charge in [-0.15, -0.1) is 0 Å². The van der Waals surface area contributed by atoms with Gasteiger partial charge in [0.25, 0.3) is 0 Å². The smallest absolute Gasteiger partial charge is 0.307 e. The summed E-state index contributed by atoms with van der Waals surface area (Å²) < 4.78 is 6.60. The molecule has 0 spiro atoms. The molecule has 0 fully saturated rings. The molecule has 3 aromatic rings. The van der Waals surface area contributed by atoms with E-state index >= 15 is 0 Å². The lowest BCUT2D eigenvalue weighted by atomic mass is 10.0. The molecule has 0 aliphatic carbocycles. The Balaban J connectivity index is 2.04. The molecule has 2 aromatic carbocycles. The molecular formula is C19H18N2O2. The largest absolute Gasteiger partial charge is 0.469 e. The summed E-state index contributed by atoms with van der Waals surface area (Å²) in [6, 6.07) is 20.2. The first-order chi connectivity index (χ1) is 11.3. The quantitative estimate of drug-likeness (QED) is 0.674. The highest BCUT2D eigenvalue weighted by Gasteiger charge is 2.15. The van der Waals surface area contributed by atoms with Crippen LogP contribution in [0.1, 0.15) is 6.42 Å². The first-order valence-corrected chi connectivity index (χ1v) is 7.53. The molecule has 0 amide bonds. The van der Waals surface area contributed by atoms with Crippen LogP contribution in [0.4, 0.5) is 0 Å². The van der Waals surface area contributed by atoms with Gasteiger partial charge in [-0.3, -0.25) is 9.48 Å². The molecule has 0 unspecified atom stereocenters. The maximum atomic E-state index is 11.4. The zero-order chi connectivity index (χ0) is 16.1. The summed E-state index contributed by atoms with van der Waals surface area (Å²) in [6.45, 7) is 0.490. The number of ether oxygens (including phenoxy) is 1. The molecule has 0 atom stereocenters. The van der Waals surface area contributed by atoms with Gasteiger partial charge in [-0.2, -0.15) is 5.10 Å². The van der Waals surface area contributed by atoms with E-state index in [9.17, 15) is 4.79 Å². The van der Waals surface area contributed by atoms with Crippen molar-refractivity contribution in [2.75, 3.05) is 7.11 Å². The average molecular weight is 306 g/mol. The van der Waals surface area contributed by atoms with E-state index in [2.05, 4.69) is 29.4 Å². The Hall–Kier alpha value is -2.88. The van der Waals surface area contributed by atoms with E-state index < -0.39 is 0 Å². The SMILES string of the molecule is COC(=O)CCn1ncc(-c2ccccc2)c1-c1ccccc1. The molecule has 1 heterocycles. The van der Waals surface area contributed by atoms with Crippen molar-refractivity contribution in [3.63, 3.8) is 0 Å². The molecule has 0 saturated carbocycles. The van der Waals surface area contributed by atoms with E-state index in [1.807, 2.05) is 47.3 Å². The van der Waals surface area contributed by atoms with Crippen molar-refractivity contribution in [2.24, 2.45) is 0 Å². The van der Waals surface area contributed by atoms with Gasteiger partial charge >= 0.3 is 5.97 Å². The third-order valence-electron chi connectivity index (χ3n) is 3.73. The van der Waals surface area contributed by atoms with Crippen LogP contribution in [0.15, 0.2) is 66.9 Å². The predicted molar refractivity (Wildman–Crippen MR) is 89.7 cm³/mol. The Labute approximate surface area is 135 Å². The Bertz CT molecular complexity index is 780. The fraction of sp³-hybridized carbons (Fsp3) is 0.158. The molecule has 0 radical (unpaired) electrons. The van der Waals surface area contributed by atoms with Gasteiger partial charge in [0, 0.05) is 11.1 Å². The van der Waals surface area contributed by atoms with Gasteiger partial charge in [0.2, 0.25) is 0 Å². The number of nitrogens with zero attached hydrogens (tertiary/aromatic N) is 2. The minimum absolute atomic E-state index is 0.235. The third kappa shape index (κ3) is 3.31. The number of aryl methyl sites for hydroxylation is 1. The molecule has 0 aliphatic rings. The number of rotatable bonds is 5. The monoisotopic (exact) mass is 306 g/mol. The van der Waals surface area contributed by atoms with E-state index in [0.717, 1.165) is 22.4 Å². The van der Waals surface area contributed by atoms with Gasteiger partial charge in [0.05, 0.1) is 32.0 Å². The lowest BCUT2D eigenvalue weighted by molar-refractivity contribution is -0.140. The number of carbonyl (C=O) groups is 1. The zero-order valence-corrected chi connectivity index (χ0v) is 13.0. The second-order valence-corrected chi connectivity index (χ2v) is 5.19. The zero-order valence-electron chi connectivity index (χ0n) is 13.0. The van der Waals surface area contributed by atoms with Gasteiger partial charge in [0.1, 0.15) is 0 Å². The topological polar surface area (TPSA) is 44.1 Å². The maximum absolute atomic E-state index is 11.4. The van der Waals surface area contributed by atoms with Crippen LogP contribution >= 0.6 is 0 Å². The summed E-state index contributed by atoms with van der Waals surface area (Å²) >= 11 is 0. The van der Waals surface area contributed by atoms with Gasteiger partial charge in [0.15, 0.2) is 0 Å². The first kappa shape index (κ1) is 15.0. The van der Waals surface area contributed by atoms with Gasteiger partial charge in [-0.25, -0.2) is 0 Å². The number of methoxy groups -OCH3 is 1. The fourth-order valence-electron chi connectivity index (χ4n) is 2.58. The number of hydrogen-bond acceptors (Lipinski definition) is 3. The van der Waals surface area contributed by atoms with Crippen LogP contribution in [-0.4, -0.2) is 22.9 Å². The van der Waals surface area contributed by atoms with Crippen molar-refractivity contribution < 1.29 is 9.53 Å². The minimum atomic E-state index is -0.235. The van der Waals surface area contributed by atoms with Gasteiger partial charge in [-0.05, 0) is 5.56 Å². The van der Waals surface area contributed by atoms with Crippen molar-refractivity contribution >= 4 is 5.97 Å². The molecular weight excluding hydrogens is 288 g/mol. The summed E-state index contributed by atoms with van der Waals surface area (Å²) in [4.78, 5) is 11.4. The molecule has 1 aromatic heterocycles. The highest BCUT2D eigenvalue weighted by atomic mass is 16.5. The van der Waals surface area contributed by atoms with E-state index in [1.54, 1.807) is 0 Å². The minimum Gasteiger partial charge on any atom is -0.469 e. The third-order valence-corrected chi connectivity index (χ3v) is 3.73. The first-order valence-electron chi connectivity index (χ1n) is 7.53. The van der Waals surface area contributed by atoms with Crippen LogP contribution < -0.4 is 0 Å². The fourth-order valence-corrected chi connectivity index (χ4v) is 2.58.